The van der Waals surface area contributed by atoms with E-state index in [0.29, 0.717) is 60.1 Å². The number of rotatable bonds is 17. The van der Waals surface area contributed by atoms with Crippen molar-refractivity contribution in [1.29, 1.82) is 0 Å². The van der Waals surface area contributed by atoms with Crippen molar-refractivity contribution >= 4 is 34.9 Å². The van der Waals surface area contributed by atoms with Gasteiger partial charge in [-0.05, 0) is 37.1 Å². The molecule has 0 atom stereocenters. The van der Waals surface area contributed by atoms with Crippen molar-refractivity contribution in [2.75, 3.05) is 45.6 Å². The number of urea groups is 1. The summed E-state index contributed by atoms with van der Waals surface area (Å²) in [5, 5.41) is 3.71. The minimum Gasteiger partial charge on any atom is -0.492 e. The van der Waals surface area contributed by atoms with Gasteiger partial charge in [-0.3, -0.25) is 0 Å². The average Bonchev–Trinajstić information content (AvgIpc) is 2.86. The van der Waals surface area contributed by atoms with E-state index in [1.807, 2.05) is 31.2 Å². The number of hydrogen-bond donors (Lipinski definition) is 1. The molecule has 2 aromatic rings. The van der Waals surface area contributed by atoms with Crippen molar-refractivity contribution < 1.29 is 23.7 Å². The molecule has 0 bridgehead atoms. The summed E-state index contributed by atoms with van der Waals surface area (Å²) in [6.45, 7) is 6.68. The first-order valence-corrected chi connectivity index (χ1v) is 13.2. The minimum absolute atomic E-state index is 0.152. The SMILES string of the molecule is CCCCCCCN(Cc1ccc(OCOCCOC)cc1)C(=O)Nc1c(Cl)cc(Cl)cc1OCC. The van der Waals surface area contributed by atoms with E-state index in [0.717, 1.165) is 24.8 Å². The van der Waals surface area contributed by atoms with Gasteiger partial charge in [0, 0.05) is 31.3 Å². The van der Waals surface area contributed by atoms with Gasteiger partial charge in [0.25, 0.3) is 0 Å². The number of hydrogen-bond acceptors (Lipinski definition) is 5. The number of nitrogens with one attached hydrogen (secondary N) is 1. The second-order valence-electron chi connectivity index (χ2n) is 8.27. The third-order valence-corrected chi connectivity index (χ3v) is 5.92. The van der Waals surface area contributed by atoms with Crippen LogP contribution < -0.4 is 14.8 Å². The number of benzene rings is 2. The van der Waals surface area contributed by atoms with Gasteiger partial charge < -0.3 is 29.2 Å². The predicted molar refractivity (Wildman–Crippen MR) is 146 cm³/mol. The maximum atomic E-state index is 13.3. The summed E-state index contributed by atoms with van der Waals surface area (Å²) in [6, 6.07) is 10.6. The van der Waals surface area contributed by atoms with Gasteiger partial charge in [0.1, 0.15) is 17.2 Å². The highest BCUT2D eigenvalue weighted by atomic mass is 35.5. The van der Waals surface area contributed by atoms with Gasteiger partial charge >= 0.3 is 6.03 Å². The monoisotopic (exact) mass is 540 g/mol. The second kappa shape index (κ2) is 17.3. The third kappa shape index (κ3) is 10.8. The Labute approximate surface area is 224 Å². The maximum Gasteiger partial charge on any atom is 0.322 e. The largest absolute Gasteiger partial charge is 0.492 e. The zero-order valence-electron chi connectivity index (χ0n) is 21.5. The van der Waals surface area contributed by atoms with Crippen LogP contribution in [0, 0.1) is 0 Å². The van der Waals surface area contributed by atoms with Gasteiger partial charge in [-0.1, -0.05) is 67.9 Å². The number of anilines is 1. The van der Waals surface area contributed by atoms with Crippen molar-refractivity contribution in [3.8, 4) is 11.5 Å². The molecule has 0 aliphatic carbocycles. The summed E-state index contributed by atoms with van der Waals surface area (Å²) >= 11 is 12.5. The van der Waals surface area contributed by atoms with Gasteiger partial charge in [0.15, 0.2) is 6.79 Å². The van der Waals surface area contributed by atoms with Crippen LogP contribution in [-0.4, -0.2) is 51.2 Å². The lowest BCUT2D eigenvalue weighted by atomic mass is 10.1. The van der Waals surface area contributed by atoms with E-state index in [9.17, 15) is 4.79 Å². The van der Waals surface area contributed by atoms with Gasteiger partial charge in [-0.15, -0.1) is 0 Å². The van der Waals surface area contributed by atoms with Crippen molar-refractivity contribution in [2.24, 2.45) is 0 Å². The van der Waals surface area contributed by atoms with E-state index in [1.54, 1.807) is 24.1 Å². The number of halogens is 2. The number of carbonyl (C=O) groups excluding carboxylic acids is 1. The first kappa shape index (κ1) is 30.0. The Morgan fingerprint density at radius 3 is 2.42 bits per heavy atom. The summed E-state index contributed by atoms with van der Waals surface area (Å²) in [6.07, 6.45) is 5.51. The van der Waals surface area contributed by atoms with E-state index in [1.165, 1.54) is 12.8 Å². The van der Waals surface area contributed by atoms with Crippen molar-refractivity contribution in [1.82, 2.24) is 4.90 Å². The molecule has 9 heteroatoms. The summed E-state index contributed by atoms with van der Waals surface area (Å²) in [5.41, 5.74) is 1.40. The van der Waals surface area contributed by atoms with E-state index in [2.05, 4.69) is 12.2 Å². The molecule has 1 N–H and O–H groups in total. The molecule has 0 radical (unpaired) electrons. The number of nitrogens with zero attached hydrogens (tertiary/aromatic N) is 1. The fraction of sp³-hybridized carbons (Fsp3) is 0.519. The number of amides is 2. The molecule has 200 valence electrons. The predicted octanol–water partition coefficient (Wildman–Crippen LogP) is 7.40. The van der Waals surface area contributed by atoms with Crippen LogP contribution >= 0.6 is 23.2 Å². The number of carbonyl (C=O) groups is 1. The van der Waals surface area contributed by atoms with Crippen LogP contribution in [0.4, 0.5) is 10.5 Å². The molecule has 0 saturated carbocycles. The summed E-state index contributed by atoms with van der Waals surface area (Å²) in [4.78, 5) is 15.1. The lowest BCUT2D eigenvalue weighted by Gasteiger charge is -2.24. The summed E-state index contributed by atoms with van der Waals surface area (Å²) in [7, 11) is 1.62. The van der Waals surface area contributed by atoms with Crippen LogP contribution in [0.1, 0.15) is 51.5 Å². The van der Waals surface area contributed by atoms with E-state index >= 15 is 0 Å². The van der Waals surface area contributed by atoms with Crippen LogP contribution in [0.5, 0.6) is 11.5 Å². The van der Waals surface area contributed by atoms with Crippen LogP contribution in [0.2, 0.25) is 10.0 Å². The van der Waals surface area contributed by atoms with Gasteiger partial charge in [0.2, 0.25) is 0 Å². The Kier molecular flexibility index (Phi) is 14.4. The summed E-state index contributed by atoms with van der Waals surface area (Å²) < 4.78 is 21.5. The minimum atomic E-state index is -0.248. The molecule has 7 nitrogen and oxygen atoms in total. The molecular weight excluding hydrogens is 503 g/mol. The van der Waals surface area contributed by atoms with Crippen LogP contribution in [0.25, 0.3) is 0 Å². The Hall–Kier alpha value is -2.19. The van der Waals surface area contributed by atoms with E-state index < -0.39 is 0 Å². The first-order valence-electron chi connectivity index (χ1n) is 12.4. The molecule has 0 unspecified atom stereocenters. The summed E-state index contributed by atoms with van der Waals surface area (Å²) in [5.74, 6) is 1.14. The highest BCUT2D eigenvalue weighted by Gasteiger charge is 2.19. The highest BCUT2D eigenvalue weighted by Crippen LogP contribution is 2.36. The van der Waals surface area contributed by atoms with E-state index in [4.69, 9.17) is 42.1 Å². The van der Waals surface area contributed by atoms with Crippen molar-refractivity contribution in [3.05, 3.63) is 52.0 Å². The fourth-order valence-corrected chi connectivity index (χ4v) is 4.03. The van der Waals surface area contributed by atoms with Crippen molar-refractivity contribution in [2.45, 2.75) is 52.5 Å². The number of unbranched alkanes of at least 4 members (excludes halogenated alkanes) is 4. The molecule has 2 aromatic carbocycles. The smallest absolute Gasteiger partial charge is 0.322 e. The molecular formula is C27H38Cl2N2O5. The third-order valence-electron chi connectivity index (χ3n) is 5.41. The Bertz CT molecular complexity index is 912. The molecule has 0 aliphatic rings. The fourth-order valence-electron chi connectivity index (χ4n) is 3.51. The Balaban J connectivity index is 2.07. The first-order chi connectivity index (χ1) is 17.5. The lowest BCUT2D eigenvalue weighted by molar-refractivity contribution is -0.00847. The van der Waals surface area contributed by atoms with Crippen LogP contribution in [0.3, 0.4) is 0 Å². The molecule has 0 heterocycles. The van der Waals surface area contributed by atoms with Gasteiger partial charge in [-0.2, -0.15) is 0 Å². The van der Waals surface area contributed by atoms with Crippen LogP contribution in [-0.2, 0) is 16.0 Å². The normalized spacial score (nSPS) is 10.8. The highest BCUT2D eigenvalue weighted by molar-refractivity contribution is 6.37. The zero-order valence-corrected chi connectivity index (χ0v) is 23.0. The van der Waals surface area contributed by atoms with E-state index in [-0.39, 0.29) is 12.8 Å². The van der Waals surface area contributed by atoms with Gasteiger partial charge in [-0.25, -0.2) is 4.79 Å². The maximum absolute atomic E-state index is 13.3. The number of ether oxygens (including phenoxy) is 4. The molecule has 2 rings (SSSR count). The van der Waals surface area contributed by atoms with Crippen molar-refractivity contribution in [3.63, 3.8) is 0 Å². The average molecular weight is 542 g/mol. The quantitative estimate of drug-likeness (QED) is 0.167. The Morgan fingerprint density at radius 1 is 0.972 bits per heavy atom. The van der Waals surface area contributed by atoms with Gasteiger partial charge in [0.05, 0.1) is 24.8 Å². The molecule has 0 saturated heterocycles. The Morgan fingerprint density at radius 2 is 1.72 bits per heavy atom. The molecule has 0 spiro atoms. The zero-order chi connectivity index (χ0) is 26.2. The molecule has 0 aromatic heterocycles. The standard InChI is InChI=1S/C27H38Cl2N2O5/c1-4-6-7-8-9-14-31(19-21-10-12-23(13-11-21)36-20-34-16-15-33-3)27(32)30-26-24(29)17-22(28)18-25(26)35-5-2/h10-13,17-18H,4-9,14-16,19-20H2,1-3H3,(H,30,32). The topological polar surface area (TPSA) is 69.3 Å². The second-order valence-corrected chi connectivity index (χ2v) is 9.11. The number of methoxy groups -OCH3 is 1. The molecule has 2 amide bonds. The van der Waals surface area contributed by atoms with Crippen LogP contribution in [0.15, 0.2) is 36.4 Å². The molecule has 0 aliphatic heterocycles. The molecule has 0 fully saturated rings. The molecule has 36 heavy (non-hydrogen) atoms. The lowest BCUT2D eigenvalue weighted by Crippen LogP contribution is -2.35.